The Morgan fingerprint density at radius 3 is 2.63 bits per heavy atom. The molecule has 0 aliphatic rings. The van der Waals surface area contributed by atoms with Crippen molar-refractivity contribution >= 4 is 5.97 Å². The smallest absolute Gasteiger partial charge is 0.417 e. The summed E-state index contributed by atoms with van der Waals surface area (Å²) in [6, 6.07) is 7.15. The van der Waals surface area contributed by atoms with E-state index in [-0.39, 0.29) is 12.0 Å². The van der Waals surface area contributed by atoms with Crippen molar-refractivity contribution in [2.24, 2.45) is 0 Å². The normalized spacial score (nSPS) is 10.2. The Bertz CT molecular complexity index is 548. The van der Waals surface area contributed by atoms with Crippen LogP contribution in [0.25, 0.3) is 0 Å². The molecule has 0 saturated heterocycles. The van der Waals surface area contributed by atoms with Crippen molar-refractivity contribution in [3.63, 3.8) is 0 Å². The molecule has 0 N–H and O–H groups in total. The number of carbonyl (C=O) groups is 1. The molecule has 1 heterocycles. The number of benzene rings is 1. The van der Waals surface area contributed by atoms with Crippen molar-refractivity contribution in [1.29, 1.82) is 0 Å². The highest BCUT2D eigenvalue weighted by atomic mass is 16.6. The second-order valence-corrected chi connectivity index (χ2v) is 3.89. The van der Waals surface area contributed by atoms with Gasteiger partial charge in [0.15, 0.2) is 5.82 Å². The molecule has 2 rings (SSSR count). The van der Waals surface area contributed by atoms with Gasteiger partial charge in [-0.15, -0.1) is 0 Å². The first kappa shape index (κ1) is 13.1. The molecule has 0 saturated carbocycles. The summed E-state index contributed by atoms with van der Waals surface area (Å²) < 4.78 is 14.7. The number of rotatable bonds is 5. The standard InChI is InChI=1S/C13H14N2O4/c1-9-14-13(19-15-9)18-8-7-10-3-5-11(6-4-10)12(16)17-2/h3-6H,7-8H2,1-2H3. The monoisotopic (exact) mass is 262 g/mol. The van der Waals surface area contributed by atoms with Crippen LogP contribution >= 0.6 is 0 Å². The van der Waals surface area contributed by atoms with E-state index in [2.05, 4.69) is 14.9 Å². The fourth-order valence-electron chi connectivity index (χ4n) is 1.52. The van der Waals surface area contributed by atoms with Gasteiger partial charge in [-0.1, -0.05) is 17.3 Å². The zero-order valence-electron chi connectivity index (χ0n) is 10.8. The summed E-state index contributed by atoms with van der Waals surface area (Å²) >= 11 is 0. The van der Waals surface area contributed by atoms with Crippen molar-refractivity contribution in [3.05, 3.63) is 41.2 Å². The lowest BCUT2D eigenvalue weighted by atomic mass is 10.1. The van der Waals surface area contributed by atoms with Crippen LogP contribution in [0.2, 0.25) is 0 Å². The van der Waals surface area contributed by atoms with Crippen LogP contribution < -0.4 is 4.74 Å². The first-order chi connectivity index (χ1) is 9.19. The lowest BCUT2D eigenvalue weighted by Crippen LogP contribution is -2.03. The highest BCUT2D eigenvalue weighted by Gasteiger charge is 2.05. The van der Waals surface area contributed by atoms with E-state index in [0.29, 0.717) is 24.4 Å². The third-order valence-corrected chi connectivity index (χ3v) is 2.50. The second kappa shape index (κ2) is 5.99. The van der Waals surface area contributed by atoms with E-state index in [1.54, 1.807) is 19.1 Å². The zero-order valence-corrected chi connectivity index (χ0v) is 10.8. The summed E-state index contributed by atoms with van der Waals surface area (Å²) in [7, 11) is 1.36. The highest BCUT2D eigenvalue weighted by molar-refractivity contribution is 5.89. The maximum Gasteiger partial charge on any atom is 0.417 e. The fourth-order valence-corrected chi connectivity index (χ4v) is 1.52. The van der Waals surface area contributed by atoms with E-state index in [1.807, 2.05) is 12.1 Å². The van der Waals surface area contributed by atoms with Gasteiger partial charge in [-0.05, 0) is 24.6 Å². The van der Waals surface area contributed by atoms with Gasteiger partial charge < -0.3 is 9.47 Å². The van der Waals surface area contributed by atoms with Crippen molar-refractivity contribution in [1.82, 2.24) is 10.1 Å². The number of methoxy groups -OCH3 is 1. The van der Waals surface area contributed by atoms with E-state index >= 15 is 0 Å². The Morgan fingerprint density at radius 2 is 2.05 bits per heavy atom. The summed E-state index contributed by atoms with van der Waals surface area (Å²) in [5.41, 5.74) is 1.57. The van der Waals surface area contributed by atoms with Crippen LogP contribution in [-0.4, -0.2) is 29.8 Å². The van der Waals surface area contributed by atoms with Gasteiger partial charge in [-0.2, -0.15) is 4.98 Å². The number of ether oxygens (including phenoxy) is 2. The van der Waals surface area contributed by atoms with Crippen LogP contribution in [0.15, 0.2) is 28.8 Å². The lowest BCUT2D eigenvalue weighted by molar-refractivity contribution is 0.0600. The van der Waals surface area contributed by atoms with Gasteiger partial charge in [0, 0.05) is 6.42 Å². The minimum Gasteiger partial charge on any atom is -0.465 e. The average molecular weight is 262 g/mol. The van der Waals surface area contributed by atoms with E-state index in [1.165, 1.54) is 7.11 Å². The Hall–Kier alpha value is -2.37. The van der Waals surface area contributed by atoms with Crippen molar-refractivity contribution in [2.75, 3.05) is 13.7 Å². The van der Waals surface area contributed by atoms with E-state index < -0.39 is 0 Å². The number of nitrogens with zero attached hydrogens (tertiary/aromatic N) is 2. The van der Waals surface area contributed by atoms with Gasteiger partial charge in [0.1, 0.15) is 0 Å². The topological polar surface area (TPSA) is 74.5 Å². The molecule has 0 radical (unpaired) electrons. The molecule has 0 atom stereocenters. The van der Waals surface area contributed by atoms with Crippen LogP contribution in [0.1, 0.15) is 21.7 Å². The molecule has 2 aromatic rings. The van der Waals surface area contributed by atoms with Crippen LogP contribution in [0.4, 0.5) is 0 Å². The molecule has 0 amide bonds. The molecule has 1 aromatic heterocycles. The van der Waals surface area contributed by atoms with Crippen molar-refractivity contribution in [3.8, 4) is 6.08 Å². The number of carbonyl (C=O) groups excluding carboxylic acids is 1. The van der Waals surface area contributed by atoms with Gasteiger partial charge >= 0.3 is 12.0 Å². The fraction of sp³-hybridized carbons (Fsp3) is 0.308. The molecule has 0 aliphatic heterocycles. The Balaban J connectivity index is 1.84. The molecule has 1 aromatic carbocycles. The van der Waals surface area contributed by atoms with Crippen LogP contribution in [0.3, 0.4) is 0 Å². The van der Waals surface area contributed by atoms with Gasteiger partial charge in [-0.3, -0.25) is 4.52 Å². The van der Waals surface area contributed by atoms with Crippen LogP contribution in [0, 0.1) is 6.92 Å². The number of aromatic nitrogens is 2. The molecule has 0 spiro atoms. The second-order valence-electron chi connectivity index (χ2n) is 3.89. The summed E-state index contributed by atoms with van der Waals surface area (Å²) in [6.45, 7) is 2.15. The summed E-state index contributed by atoms with van der Waals surface area (Å²) in [4.78, 5) is 15.2. The molecular weight excluding hydrogens is 248 g/mol. The zero-order chi connectivity index (χ0) is 13.7. The molecule has 0 aliphatic carbocycles. The van der Waals surface area contributed by atoms with E-state index in [9.17, 15) is 4.79 Å². The highest BCUT2D eigenvalue weighted by Crippen LogP contribution is 2.09. The summed E-state index contributed by atoms with van der Waals surface area (Å²) in [5, 5.41) is 3.62. The average Bonchev–Trinajstić information content (AvgIpc) is 2.84. The van der Waals surface area contributed by atoms with Crippen molar-refractivity contribution in [2.45, 2.75) is 13.3 Å². The molecule has 100 valence electrons. The van der Waals surface area contributed by atoms with E-state index in [0.717, 1.165) is 5.56 Å². The number of hydrogen-bond donors (Lipinski definition) is 0. The Labute approximate surface area is 110 Å². The summed E-state index contributed by atoms with van der Waals surface area (Å²) in [5.74, 6) is 0.196. The number of hydrogen-bond acceptors (Lipinski definition) is 6. The lowest BCUT2D eigenvalue weighted by Gasteiger charge is -2.03. The first-order valence-electron chi connectivity index (χ1n) is 5.79. The molecule has 0 unspecified atom stereocenters. The maximum atomic E-state index is 11.3. The third-order valence-electron chi connectivity index (χ3n) is 2.50. The minimum absolute atomic E-state index is 0.170. The van der Waals surface area contributed by atoms with Gasteiger partial charge in [0.25, 0.3) is 0 Å². The van der Waals surface area contributed by atoms with Gasteiger partial charge in [0.05, 0.1) is 19.3 Å². The molecule has 6 heteroatoms. The Kier molecular flexibility index (Phi) is 4.12. The maximum absolute atomic E-state index is 11.3. The van der Waals surface area contributed by atoms with Crippen LogP contribution in [0.5, 0.6) is 6.08 Å². The molecule has 0 bridgehead atoms. The molecule has 6 nitrogen and oxygen atoms in total. The number of aryl methyl sites for hydroxylation is 1. The largest absolute Gasteiger partial charge is 0.465 e. The SMILES string of the molecule is COC(=O)c1ccc(CCOc2nc(C)no2)cc1. The third kappa shape index (κ3) is 3.54. The van der Waals surface area contributed by atoms with E-state index in [4.69, 9.17) is 9.26 Å². The first-order valence-corrected chi connectivity index (χ1v) is 5.79. The minimum atomic E-state index is -0.343. The summed E-state index contributed by atoms with van der Waals surface area (Å²) in [6.07, 6.45) is 0.853. The quantitative estimate of drug-likeness (QED) is 0.765. The van der Waals surface area contributed by atoms with Crippen LogP contribution in [-0.2, 0) is 11.2 Å². The molecular formula is C13H14N2O4. The van der Waals surface area contributed by atoms with Gasteiger partial charge in [-0.25, -0.2) is 4.79 Å². The molecule has 0 fully saturated rings. The van der Waals surface area contributed by atoms with Gasteiger partial charge in [0.2, 0.25) is 0 Å². The predicted octanol–water partition coefficient (Wildman–Crippen LogP) is 1.79. The Morgan fingerprint density at radius 1 is 1.32 bits per heavy atom. The van der Waals surface area contributed by atoms with Crippen molar-refractivity contribution < 1.29 is 18.8 Å². The number of esters is 1. The predicted molar refractivity (Wildman–Crippen MR) is 66.0 cm³/mol. The molecule has 19 heavy (non-hydrogen) atoms.